The number of aryl methyl sites for hydroxylation is 2. The van der Waals surface area contributed by atoms with Crippen molar-refractivity contribution in [3.8, 4) is 5.75 Å². The number of halogens is 1. The van der Waals surface area contributed by atoms with Crippen molar-refractivity contribution >= 4 is 33.2 Å². The maximum absolute atomic E-state index is 13.3. The number of amides is 1. The minimum Gasteiger partial charge on any atom is -0.495 e. The molecule has 0 bridgehead atoms. The van der Waals surface area contributed by atoms with E-state index in [4.69, 9.17) is 16.3 Å². The number of nitrogens with one attached hydrogen (secondary N) is 2. The largest absolute Gasteiger partial charge is 0.495 e. The molecule has 6 nitrogen and oxygen atoms in total. The van der Waals surface area contributed by atoms with Crippen LogP contribution < -0.4 is 14.8 Å². The Morgan fingerprint density at radius 3 is 2.42 bits per heavy atom. The zero-order chi connectivity index (χ0) is 24.0. The number of carbonyl (C=O) groups excluding carboxylic acids is 1. The summed E-state index contributed by atoms with van der Waals surface area (Å²) in [4.78, 5) is 13.3. The van der Waals surface area contributed by atoms with Gasteiger partial charge in [-0.2, -0.15) is 4.72 Å². The lowest BCUT2D eigenvalue weighted by Gasteiger charge is -2.21. The Morgan fingerprint density at radius 1 is 1.06 bits per heavy atom. The zero-order valence-corrected chi connectivity index (χ0v) is 20.3. The van der Waals surface area contributed by atoms with Crippen molar-refractivity contribution in [2.45, 2.75) is 37.6 Å². The predicted octanol–water partition coefficient (Wildman–Crippen LogP) is 4.75. The Labute approximate surface area is 200 Å². The fraction of sp³-hybridized carbons (Fsp3) is 0.240. The maximum Gasteiger partial charge on any atom is 0.242 e. The van der Waals surface area contributed by atoms with Gasteiger partial charge < -0.3 is 10.1 Å². The van der Waals surface area contributed by atoms with Crippen LogP contribution in [0.15, 0.2) is 71.6 Å². The summed E-state index contributed by atoms with van der Waals surface area (Å²) in [5.41, 5.74) is 3.42. The summed E-state index contributed by atoms with van der Waals surface area (Å²) < 4.78 is 33.9. The highest BCUT2D eigenvalue weighted by molar-refractivity contribution is 7.89. The summed E-state index contributed by atoms with van der Waals surface area (Å²) in [7, 11) is -2.59. The molecule has 3 rings (SSSR count). The van der Waals surface area contributed by atoms with Gasteiger partial charge in [-0.25, -0.2) is 8.42 Å². The maximum atomic E-state index is 13.3. The number of hydrogen-bond acceptors (Lipinski definition) is 4. The molecule has 0 aliphatic heterocycles. The van der Waals surface area contributed by atoms with E-state index in [1.54, 1.807) is 0 Å². The molecule has 0 radical (unpaired) electrons. The van der Waals surface area contributed by atoms with E-state index in [0.717, 1.165) is 23.1 Å². The monoisotopic (exact) mass is 486 g/mol. The van der Waals surface area contributed by atoms with Gasteiger partial charge in [0.25, 0.3) is 0 Å². The molecule has 0 aromatic heterocycles. The molecule has 2 N–H and O–H groups in total. The van der Waals surface area contributed by atoms with Crippen molar-refractivity contribution < 1.29 is 17.9 Å². The van der Waals surface area contributed by atoms with Gasteiger partial charge in [0.15, 0.2) is 0 Å². The smallest absolute Gasteiger partial charge is 0.242 e. The number of ether oxygens (including phenoxy) is 1. The zero-order valence-electron chi connectivity index (χ0n) is 18.8. The molecule has 0 saturated heterocycles. The van der Waals surface area contributed by atoms with Gasteiger partial charge in [0.2, 0.25) is 15.9 Å². The van der Waals surface area contributed by atoms with E-state index >= 15 is 0 Å². The van der Waals surface area contributed by atoms with E-state index in [0.29, 0.717) is 11.4 Å². The van der Waals surface area contributed by atoms with Crippen LogP contribution in [-0.4, -0.2) is 27.5 Å². The first-order valence-electron chi connectivity index (χ1n) is 10.5. The minimum atomic E-state index is -4.04. The molecular weight excluding hydrogens is 460 g/mol. The number of benzene rings is 3. The molecule has 0 spiro atoms. The van der Waals surface area contributed by atoms with Crippen LogP contribution in [0.1, 0.15) is 23.6 Å². The lowest BCUT2D eigenvalue weighted by Crippen LogP contribution is -2.45. The van der Waals surface area contributed by atoms with Gasteiger partial charge >= 0.3 is 0 Å². The van der Waals surface area contributed by atoms with Crippen LogP contribution in [0, 0.1) is 6.92 Å². The van der Waals surface area contributed by atoms with E-state index in [2.05, 4.69) is 10.0 Å². The summed E-state index contributed by atoms with van der Waals surface area (Å²) in [5.74, 6) is -0.0770. The molecule has 0 fully saturated rings. The molecule has 1 amide bonds. The summed E-state index contributed by atoms with van der Waals surface area (Å²) >= 11 is 6.13. The highest BCUT2D eigenvalue weighted by atomic mass is 35.5. The molecule has 33 heavy (non-hydrogen) atoms. The first-order valence-corrected chi connectivity index (χ1v) is 12.4. The predicted molar refractivity (Wildman–Crippen MR) is 131 cm³/mol. The Hall–Kier alpha value is -2.87. The number of para-hydroxylation sites is 1. The number of anilines is 1. The summed E-state index contributed by atoms with van der Waals surface area (Å²) in [6, 6.07) is 18.2. The molecule has 0 aliphatic rings. The van der Waals surface area contributed by atoms with Gasteiger partial charge in [-0.1, -0.05) is 67.1 Å². The van der Waals surface area contributed by atoms with Gasteiger partial charge in [0, 0.05) is 5.69 Å². The first kappa shape index (κ1) is 24.8. The van der Waals surface area contributed by atoms with Gasteiger partial charge in [0.05, 0.1) is 17.0 Å². The van der Waals surface area contributed by atoms with Crippen LogP contribution in [0.5, 0.6) is 5.75 Å². The average Bonchev–Trinajstić information content (AvgIpc) is 2.80. The van der Waals surface area contributed by atoms with Crippen molar-refractivity contribution in [2.75, 3.05) is 12.4 Å². The van der Waals surface area contributed by atoms with Crippen molar-refractivity contribution in [3.63, 3.8) is 0 Å². The van der Waals surface area contributed by atoms with Crippen LogP contribution in [0.25, 0.3) is 0 Å². The number of carbonyl (C=O) groups is 1. The summed E-state index contributed by atoms with van der Waals surface area (Å²) in [5, 5.41) is 3.11. The fourth-order valence-electron chi connectivity index (χ4n) is 3.52. The van der Waals surface area contributed by atoms with Gasteiger partial charge in [0.1, 0.15) is 11.8 Å². The first-order chi connectivity index (χ1) is 15.7. The topological polar surface area (TPSA) is 84.5 Å². The number of methoxy groups -OCH3 is 1. The van der Waals surface area contributed by atoms with Crippen molar-refractivity contribution in [2.24, 2.45) is 0 Å². The van der Waals surface area contributed by atoms with Crippen LogP contribution in [-0.2, 0) is 27.7 Å². The van der Waals surface area contributed by atoms with Crippen molar-refractivity contribution in [1.82, 2.24) is 4.72 Å². The molecule has 0 heterocycles. The Kier molecular flexibility index (Phi) is 8.13. The van der Waals surface area contributed by atoms with Crippen LogP contribution in [0.2, 0.25) is 5.02 Å². The second-order valence-corrected chi connectivity index (χ2v) is 9.73. The lowest BCUT2D eigenvalue weighted by atomic mass is 10.0. The normalized spacial score (nSPS) is 12.2. The molecule has 8 heteroatoms. The summed E-state index contributed by atoms with van der Waals surface area (Å²) in [6.07, 6.45) is 0.917. The average molecular weight is 487 g/mol. The van der Waals surface area contributed by atoms with Gasteiger partial charge in [-0.15, -0.1) is 0 Å². The fourth-order valence-corrected chi connectivity index (χ4v) is 5.06. The highest BCUT2D eigenvalue weighted by Gasteiger charge is 2.27. The van der Waals surface area contributed by atoms with Crippen molar-refractivity contribution in [3.05, 3.63) is 88.4 Å². The third-order valence-electron chi connectivity index (χ3n) is 5.32. The minimum absolute atomic E-state index is 0.0516. The number of rotatable bonds is 9. The standard InChI is InChI=1S/C25H27ClN2O4S/c1-4-19-12-8-9-17(2)24(19)27-25(29)22(15-18-10-6-5-7-11-18)28-33(30,31)20-13-14-23(32-3)21(26)16-20/h5-14,16,22,28H,4,15H2,1-3H3,(H,27,29). The molecule has 0 saturated carbocycles. The quantitative estimate of drug-likeness (QED) is 0.457. The molecule has 1 unspecified atom stereocenters. The number of hydrogen-bond donors (Lipinski definition) is 2. The Balaban J connectivity index is 1.93. The van der Waals surface area contributed by atoms with Crippen LogP contribution in [0.3, 0.4) is 0 Å². The van der Waals surface area contributed by atoms with Gasteiger partial charge in [-0.05, 0) is 54.7 Å². The van der Waals surface area contributed by atoms with Gasteiger partial charge in [-0.3, -0.25) is 4.79 Å². The van der Waals surface area contributed by atoms with Crippen LogP contribution in [0.4, 0.5) is 5.69 Å². The highest BCUT2D eigenvalue weighted by Crippen LogP contribution is 2.27. The lowest BCUT2D eigenvalue weighted by molar-refractivity contribution is -0.117. The molecule has 1 atom stereocenters. The second-order valence-electron chi connectivity index (χ2n) is 7.61. The van der Waals surface area contributed by atoms with Crippen molar-refractivity contribution in [1.29, 1.82) is 0 Å². The Morgan fingerprint density at radius 2 is 1.79 bits per heavy atom. The molecule has 3 aromatic rings. The molecular formula is C25H27ClN2O4S. The summed E-state index contributed by atoms with van der Waals surface area (Å²) in [6.45, 7) is 3.91. The molecule has 3 aromatic carbocycles. The van der Waals surface area contributed by atoms with Crippen LogP contribution >= 0.6 is 11.6 Å². The second kappa shape index (κ2) is 10.8. The molecule has 0 aliphatic carbocycles. The van der Waals surface area contributed by atoms with E-state index in [1.807, 2.05) is 62.4 Å². The van der Waals surface area contributed by atoms with E-state index in [9.17, 15) is 13.2 Å². The Bertz CT molecular complexity index is 1230. The van der Waals surface area contributed by atoms with E-state index in [-0.39, 0.29) is 16.3 Å². The van der Waals surface area contributed by atoms with E-state index in [1.165, 1.54) is 25.3 Å². The number of sulfonamides is 1. The van der Waals surface area contributed by atoms with E-state index < -0.39 is 22.0 Å². The third kappa shape index (κ3) is 6.13. The third-order valence-corrected chi connectivity index (χ3v) is 7.08. The molecule has 174 valence electrons. The SMILES string of the molecule is CCc1cccc(C)c1NC(=O)C(Cc1ccccc1)NS(=O)(=O)c1ccc(OC)c(Cl)c1.